The van der Waals surface area contributed by atoms with E-state index in [9.17, 15) is 4.79 Å². The predicted molar refractivity (Wildman–Crippen MR) is 141 cm³/mol. The number of carbonyl (C=O) groups excluding carboxylic acids is 1. The highest BCUT2D eigenvalue weighted by Gasteiger charge is 2.15. The summed E-state index contributed by atoms with van der Waals surface area (Å²) in [5.41, 5.74) is 3.60. The van der Waals surface area contributed by atoms with Crippen molar-refractivity contribution in [2.24, 2.45) is 0 Å². The lowest BCUT2D eigenvalue weighted by Crippen LogP contribution is -2.25. The monoisotopic (exact) mass is 528 g/mol. The minimum absolute atomic E-state index is 0.203. The van der Waals surface area contributed by atoms with Gasteiger partial charge >= 0.3 is 6.09 Å². The van der Waals surface area contributed by atoms with Crippen LogP contribution >= 0.6 is 15.9 Å². The Hall–Kier alpha value is -2.78. The number of amides is 1. The van der Waals surface area contributed by atoms with Crippen LogP contribution in [0, 0.1) is 0 Å². The van der Waals surface area contributed by atoms with Gasteiger partial charge in [0.2, 0.25) is 0 Å². The molecule has 2 aromatic heterocycles. The Labute approximate surface area is 209 Å². The molecule has 0 fully saturated rings. The standard InChI is InChI=1S/C25H33BrN6O2/c1-5-32(6-2)14-8-9-17(4)28-20-15-22(31-25(33)34-7-3)30-24-23(20)29-21(16-27-24)18-10-12-19(26)13-11-18/h10-13,15-17H,5-9,14H2,1-4H3,(H2,27,28,30,31,33). The Morgan fingerprint density at radius 2 is 1.88 bits per heavy atom. The first-order valence-corrected chi connectivity index (χ1v) is 12.6. The topological polar surface area (TPSA) is 92.3 Å². The summed E-state index contributed by atoms with van der Waals surface area (Å²) in [7, 11) is 0. The third kappa shape index (κ3) is 7.11. The first-order chi connectivity index (χ1) is 16.4. The van der Waals surface area contributed by atoms with Crippen LogP contribution in [0.15, 0.2) is 41.0 Å². The van der Waals surface area contributed by atoms with Gasteiger partial charge in [0.15, 0.2) is 5.65 Å². The van der Waals surface area contributed by atoms with E-state index < -0.39 is 6.09 Å². The van der Waals surface area contributed by atoms with Gasteiger partial charge in [-0.15, -0.1) is 0 Å². The Morgan fingerprint density at radius 1 is 1.15 bits per heavy atom. The Morgan fingerprint density at radius 3 is 2.56 bits per heavy atom. The van der Waals surface area contributed by atoms with E-state index >= 15 is 0 Å². The normalized spacial score (nSPS) is 12.1. The minimum Gasteiger partial charge on any atom is -0.450 e. The van der Waals surface area contributed by atoms with Crippen molar-refractivity contribution in [3.05, 3.63) is 41.0 Å². The van der Waals surface area contributed by atoms with Crippen LogP contribution in [0.5, 0.6) is 0 Å². The molecule has 182 valence electrons. The summed E-state index contributed by atoms with van der Waals surface area (Å²) in [6.45, 7) is 11.8. The number of halogens is 1. The summed E-state index contributed by atoms with van der Waals surface area (Å²) in [4.78, 5) is 28.3. The average Bonchev–Trinajstić information content (AvgIpc) is 2.82. The number of hydrogen-bond donors (Lipinski definition) is 2. The molecular weight excluding hydrogens is 496 g/mol. The third-order valence-electron chi connectivity index (χ3n) is 5.57. The van der Waals surface area contributed by atoms with Crippen LogP contribution in [-0.2, 0) is 4.74 Å². The Bertz CT molecular complexity index is 1090. The second kappa shape index (κ2) is 12.6. The molecule has 0 aliphatic carbocycles. The Kier molecular flexibility index (Phi) is 9.59. The molecule has 1 amide bonds. The molecule has 1 unspecified atom stereocenters. The van der Waals surface area contributed by atoms with Gasteiger partial charge in [-0.2, -0.15) is 0 Å². The third-order valence-corrected chi connectivity index (χ3v) is 6.10. The molecule has 0 radical (unpaired) electrons. The van der Waals surface area contributed by atoms with Gasteiger partial charge in [-0.3, -0.25) is 5.32 Å². The van der Waals surface area contributed by atoms with Crippen molar-refractivity contribution in [2.75, 3.05) is 36.9 Å². The molecule has 1 aromatic carbocycles. The largest absolute Gasteiger partial charge is 0.450 e. The van der Waals surface area contributed by atoms with E-state index in [1.54, 1.807) is 19.2 Å². The molecule has 8 nitrogen and oxygen atoms in total. The number of ether oxygens (including phenoxy) is 1. The Balaban J connectivity index is 1.89. The number of nitrogens with zero attached hydrogens (tertiary/aromatic N) is 4. The summed E-state index contributed by atoms with van der Waals surface area (Å²) in [6, 6.07) is 9.93. The van der Waals surface area contributed by atoms with Crippen molar-refractivity contribution in [1.29, 1.82) is 0 Å². The maximum Gasteiger partial charge on any atom is 0.412 e. The van der Waals surface area contributed by atoms with Gasteiger partial charge in [0.1, 0.15) is 11.3 Å². The minimum atomic E-state index is -0.549. The highest BCUT2D eigenvalue weighted by Crippen LogP contribution is 2.27. The molecule has 2 N–H and O–H groups in total. The van der Waals surface area contributed by atoms with Gasteiger partial charge in [0, 0.05) is 22.1 Å². The summed E-state index contributed by atoms with van der Waals surface area (Å²) in [6.07, 6.45) is 3.24. The number of fused-ring (bicyclic) bond motifs is 1. The molecule has 3 aromatic rings. The zero-order chi connectivity index (χ0) is 24.5. The van der Waals surface area contributed by atoms with Gasteiger partial charge in [-0.1, -0.05) is 41.9 Å². The van der Waals surface area contributed by atoms with E-state index in [1.165, 1.54) is 0 Å². The van der Waals surface area contributed by atoms with Crippen LogP contribution in [0.4, 0.5) is 16.3 Å². The van der Waals surface area contributed by atoms with Gasteiger partial charge in [0.25, 0.3) is 0 Å². The van der Waals surface area contributed by atoms with Crippen molar-refractivity contribution in [3.8, 4) is 11.3 Å². The molecule has 0 bridgehead atoms. The lowest BCUT2D eigenvalue weighted by molar-refractivity contribution is 0.168. The molecule has 0 saturated heterocycles. The SMILES string of the molecule is CCOC(=O)Nc1cc(NC(C)CCCN(CC)CC)c2nc(-c3ccc(Br)cc3)cnc2n1. The molecule has 9 heteroatoms. The maximum absolute atomic E-state index is 12.0. The van der Waals surface area contributed by atoms with Crippen LogP contribution in [0.25, 0.3) is 22.4 Å². The van der Waals surface area contributed by atoms with Gasteiger partial charge in [-0.05, 0) is 58.5 Å². The van der Waals surface area contributed by atoms with Crippen LogP contribution in [0.2, 0.25) is 0 Å². The number of hydrogen-bond acceptors (Lipinski definition) is 7. The second-order valence-corrected chi connectivity index (χ2v) is 8.97. The fourth-order valence-electron chi connectivity index (χ4n) is 3.70. The lowest BCUT2D eigenvalue weighted by atomic mass is 10.1. The van der Waals surface area contributed by atoms with Crippen molar-refractivity contribution in [2.45, 2.75) is 46.6 Å². The number of anilines is 2. The fraction of sp³-hybridized carbons (Fsp3) is 0.440. The quantitative estimate of drug-likeness (QED) is 0.317. The van der Waals surface area contributed by atoms with E-state index in [0.717, 1.165) is 53.9 Å². The average molecular weight is 529 g/mol. The van der Waals surface area contributed by atoms with E-state index in [0.29, 0.717) is 17.0 Å². The number of benzene rings is 1. The van der Waals surface area contributed by atoms with Crippen LogP contribution in [0.3, 0.4) is 0 Å². The smallest absolute Gasteiger partial charge is 0.412 e. The highest BCUT2D eigenvalue weighted by atomic mass is 79.9. The molecule has 1 atom stereocenters. The van der Waals surface area contributed by atoms with Crippen LogP contribution in [0.1, 0.15) is 40.5 Å². The first kappa shape index (κ1) is 25.8. The second-order valence-electron chi connectivity index (χ2n) is 8.05. The number of carbonyl (C=O) groups is 1. The number of nitrogens with one attached hydrogen (secondary N) is 2. The zero-order valence-electron chi connectivity index (χ0n) is 20.3. The molecular formula is C25H33BrN6O2. The summed E-state index contributed by atoms with van der Waals surface area (Å²) in [5.74, 6) is 0.370. The lowest BCUT2D eigenvalue weighted by Gasteiger charge is -2.21. The predicted octanol–water partition coefficient (Wildman–Crippen LogP) is 5.95. The van der Waals surface area contributed by atoms with E-state index in [-0.39, 0.29) is 12.6 Å². The van der Waals surface area contributed by atoms with Crippen molar-refractivity contribution >= 4 is 44.7 Å². The molecule has 2 heterocycles. The van der Waals surface area contributed by atoms with Crippen molar-refractivity contribution < 1.29 is 9.53 Å². The zero-order valence-corrected chi connectivity index (χ0v) is 21.9. The molecule has 3 rings (SSSR count). The van der Waals surface area contributed by atoms with Crippen molar-refractivity contribution in [3.63, 3.8) is 0 Å². The molecule has 0 spiro atoms. The van der Waals surface area contributed by atoms with Gasteiger partial charge in [-0.25, -0.2) is 19.7 Å². The number of rotatable bonds is 11. The van der Waals surface area contributed by atoms with E-state index in [2.05, 4.69) is 62.2 Å². The van der Waals surface area contributed by atoms with Gasteiger partial charge < -0.3 is 15.0 Å². The van der Waals surface area contributed by atoms with Gasteiger partial charge in [0.05, 0.1) is 24.2 Å². The fourth-order valence-corrected chi connectivity index (χ4v) is 3.97. The number of aromatic nitrogens is 3. The summed E-state index contributed by atoms with van der Waals surface area (Å²) < 4.78 is 6.01. The highest BCUT2D eigenvalue weighted by molar-refractivity contribution is 9.10. The maximum atomic E-state index is 12.0. The van der Waals surface area contributed by atoms with Crippen molar-refractivity contribution in [1.82, 2.24) is 19.9 Å². The molecule has 0 aliphatic heterocycles. The first-order valence-electron chi connectivity index (χ1n) is 11.8. The molecule has 0 saturated carbocycles. The summed E-state index contributed by atoms with van der Waals surface area (Å²) >= 11 is 3.47. The van der Waals surface area contributed by atoms with E-state index in [1.807, 2.05) is 24.3 Å². The van der Waals surface area contributed by atoms with Crippen LogP contribution in [-0.4, -0.2) is 58.2 Å². The molecule has 0 aliphatic rings. The summed E-state index contributed by atoms with van der Waals surface area (Å²) in [5, 5.41) is 6.25. The van der Waals surface area contributed by atoms with E-state index in [4.69, 9.17) is 9.72 Å². The molecule has 34 heavy (non-hydrogen) atoms. The number of pyridine rings is 1. The van der Waals surface area contributed by atoms with Crippen LogP contribution < -0.4 is 10.6 Å².